The van der Waals surface area contributed by atoms with Crippen LogP contribution in [0.2, 0.25) is 0 Å². The van der Waals surface area contributed by atoms with Crippen molar-refractivity contribution in [1.82, 2.24) is 20.7 Å². The minimum absolute atomic E-state index is 0.0871. The fraction of sp³-hybridized carbons (Fsp3) is 0.600. The summed E-state index contributed by atoms with van der Waals surface area (Å²) in [6.45, 7) is 9.66. The van der Waals surface area contributed by atoms with Crippen LogP contribution in [-0.4, -0.2) is 63.1 Å². The van der Waals surface area contributed by atoms with Crippen LogP contribution in [0.3, 0.4) is 0 Å². The van der Waals surface area contributed by atoms with E-state index in [0.717, 1.165) is 74.4 Å². The maximum absolute atomic E-state index is 14.0. The molecule has 33 heavy (non-hydrogen) atoms. The van der Waals surface area contributed by atoms with Gasteiger partial charge in [-0.15, -0.1) is 0 Å². The molecule has 1 aromatic carbocycles. The van der Waals surface area contributed by atoms with Crippen molar-refractivity contribution < 1.29 is 13.5 Å². The van der Waals surface area contributed by atoms with Gasteiger partial charge in [-0.25, -0.2) is 13.8 Å². The lowest BCUT2D eigenvalue weighted by molar-refractivity contribution is 0.118. The average Bonchev–Trinajstić information content (AvgIpc) is 3.41. The first kappa shape index (κ1) is 25.5. The molecule has 184 valence electrons. The highest BCUT2D eigenvalue weighted by molar-refractivity contribution is 5.74. The van der Waals surface area contributed by atoms with Crippen molar-refractivity contribution in [3.05, 3.63) is 47.3 Å². The first-order valence-electron chi connectivity index (χ1n) is 12.0. The Balaban J connectivity index is 1.62. The summed E-state index contributed by atoms with van der Waals surface area (Å²) in [5, 5.41) is 14.0. The van der Waals surface area contributed by atoms with E-state index < -0.39 is 6.43 Å². The lowest BCUT2D eigenvalue weighted by atomic mass is 9.94. The van der Waals surface area contributed by atoms with Crippen molar-refractivity contribution in [2.24, 2.45) is 0 Å². The molecule has 0 radical (unpaired) electrons. The summed E-state index contributed by atoms with van der Waals surface area (Å²) in [4.78, 5) is 0. The number of anilines is 1. The van der Waals surface area contributed by atoms with Crippen molar-refractivity contribution in [2.75, 3.05) is 52.4 Å². The van der Waals surface area contributed by atoms with Gasteiger partial charge in [0.15, 0.2) is 0 Å². The Morgan fingerprint density at radius 3 is 2.76 bits per heavy atom. The van der Waals surface area contributed by atoms with Crippen LogP contribution in [0.5, 0.6) is 0 Å². The van der Waals surface area contributed by atoms with Gasteiger partial charge in [-0.2, -0.15) is 0 Å². The van der Waals surface area contributed by atoms with Crippen molar-refractivity contribution in [3.63, 3.8) is 0 Å². The Kier molecular flexibility index (Phi) is 9.52. The molecule has 3 N–H and O–H groups in total. The zero-order chi connectivity index (χ0) is 23.8. The van der Waals surface area contributed by atoms with Gasteiger partial charge in [-0.3, -0.25) is 5.32 Å². The Morgan fingerprint density at radius 1 is 1.30 bits per heavy atom. The molecule has 0 aliphatic carbocycles. The number of ether oxygens (including phenoxy) is 1. The Morgan fingerprint density at radius 2 is 2.12 bits per heavy atom. The Bertz CT molecular complexity index is 823. The quantitative estimate of drug-likeness (QED) is 0.299. The molecule has 8 heteroatoms. The molecule has 2 aliphatic heterocycles. The van der Waals surface area contributed by atoms with Gasteiger partial charge in [-0.05, 0) is 54.5 Å². The molecule has 6 nitrogen and oxygen atoms in total. The third-order valence-electron chi connectivity index (χ3n) is 6.28. The number of halogens is 2. The molecule has 1 saturated heterocycles. The second-order valence-electron chi connectivity index (χ2n) is 8.96. The van der Waals surface area contributed by atoms with Crippen LogP contribution in [0, 0.1) is 0 Å². The SMILES string of the molecule is C=C(CCNCNc1cc(C(F)F)c(C2=CN(C)N(C)C2)cc1CCCC)NC1CCOC1. The first-order chi connectivity index (χ1) is 15.9. The van der Waals surface area contributed by atoms with Gasteiger partial charge in [0.2, 0.25) is 0 Å². The van der Waals surface area contributed by atoms with Gasteiger partial charge in [0.25, 0.3) is 6.43 Å². The zero-order valence-electron chi connectivity index (χ0n) is 20.2. The first-order valence-corrected chi connectivity index (χ1v) is 12.0. The van der Waals surface area contributed by atoms with Crippen LogP contribution >= 0.6 is 0 Å². The number of likely N-dealkylation sites (N-methyl/N-ethyl adjacent to an activating group) is 1. The molecule has 2 heterocycles. The smallest absolute Gasteiger partial charge is 0.264 e. The van der Waals surface area contributed by atoms with E-state index in [1.54, 1.807) is 6.07 Å². The van der Waals surface area contributed by atoms with E-state index in [2.05, 4.69) is 29.5 Å². The molecule has 3 rings (SSSR count). The standard InChI is InChI=1S/C25H39F2N5O/c1-5-6-7-19-12-22(20-14-31(3)32(4)15-20)23(25(26)27)13-24(19)29-17-28-10-8-18(2)30-21-9-11-33-16-21/h12-14,21,25,28-30H,2,5-11,15-17H2,1,3-4H3. The Labute approximate surface area is 197 Å². The fourth-order valence-corrected chi connectivity index (χ4v) is 4.23. The number of hydrogen-bond acceptors (Lipinski definition) is 6. The molecule has 1 fully saturated rings. The van der Waals surface area contributed by atoms with Crippen LogP contribution in [0.1, 0.15) is 55.7 Å². The summed E-state index contributed by atoms with van der Waals surface area (Å²) in [6, 6.07) is 3.97. The summed E-state index contributed by atoms with van der Waals surface area (Å²) >= 11 is 0. The molecule has 0 amide bonds. The normalized spacial score (nSPS) is 18.8. The number of benzene rings is 1. The van der Waals surface area contributed by atoms with E-state index in [1.807, 2.05) is 36.4 Å². The number of hydrazine groups is 1. The highest BCUT2D eigenvalue weighted by Crippen LogP contribution is 2.35. The van der Waals surface area contributed by atoms with E-state index in [0.29, 0.717) is 24.8 Å². The van der Waals surface area contributed by atoms with Gasteiger partial charge in [-0.1, -0.05) is 19.9 Å². The van der Waals surface area contributed by atoms with Crippen LogP contribution in [0.25, 0.3) is 5.57 Å². The number of unbranched alkanes of at least 4 members (excludes halogenated alkanes) is 1. The summed E-state index contributed by atoms with van der Waals surface area (Å²) in [7, 11) is 3.89. The van der Waals surface area contributed by atoms with E-state index in [1.165, 1.54) is 0 Å². The Hall–Kier alpha value is -2.16. The van der Waals surface area contributed by atoms with E-state index >= 15 is 0 Å². The predicted octanol–water partition coefficient (Wildman–Crippen LogP) is 4.34. The summed E-state index contributed by atoms with van der Waals surface area (Å²) < 4.78 is 33.4. The third kappa shape index (κ3) is 7.16. The minimum atomic E-state index is -2.53. The summed E-state index contributed by atoms with van der Waals surface area (Å²) in [5.74, 6) is 0. The van der Waals surface area contributed by atoms with Crippen molar-refractivity contribution >= 4 is 11.3 Å². The molecule has 1 unspecified atom stereocenters. The van der Waals surface area contributed by atoms with Gasteiger partial charge in [0.05, 0.1) is 19.3 Å². The zero-order valence-corrected chi connectivity index (χ0v) is 20.2. The molecule has 0 aromatic heterocycles. The highest BCUT2D eigenvalue weighted by Gasteiger charge is 2.24. The predicted molar refractivity (Wildman–Crippen MR) is 131 cm³/mol. The van der Waals surface area contributed by atoms with Crippen LogP contribution in [0.4, 0.5) is 14.5 Å². The maximum Gasteiger partial charge on any atom is 0.264 e. The topological polar surface area (TPSA) is 51.8 Å². The minimum Gasteiger partial charge on any atom is -0.384 e. The van der Waals surface area contributed by atoms with E-state index in [-0.39, 0.29) is 5.56 Å². The fourth-order valence-electron chi connectivity index (χ4n) is 4.23. The molecule has 0 spiro atoms. The van der Waals surface area contributed by atoms with Crippen LogP contribution in [-0.2, 0) is 11.2 Å². The third-order valence-corrected chi connectivity index (χ3v) is 6.28. The van der Waals surface area contributed by atoms with Crippen LogP contribution < -0.4 is 16.0 Å². The monoisotopic (exact) mass is 463 g/mol. The van der Waals surface area contributed by atoms with Gasteiger partial charge in [0, 0.05) is 56.9 Å². The second kappa shape index (κ2) is 12.3. The lowest BCUT2D eigenvalue weighted by Gasteiger charge is -2.20. The second-order valence-corrected chi connectivity index (χ2v) is 8.96. The number of hydrogen-bond donors (Lipinski definition) is 3. The molecule has 0 saturated carbocycles. The number of aryl methyl sites for hydroxylation is 1. The largest absolute Gasteiger partial charge is 0.384 e. The summed E-state index contributed by atoms with van der Waals surface area (Å²) in [5.41, 5.74) is 4.54. The van der Waals surface area contributed by atoms with Crippen molar-refractivity contribution in [2.45, 2.75) is 51.5 Å². The van der Waals surface area contributed by atoms with Crippen molar-refractivity contribution in [1.29, 1.82) is 0 Å². The van der Waals surface area contributed by atoms with Gasteiger partial charge < -0.3 is 20.4 Å². The number of rotatable bonds is 13. The number of nitrogens with one attached hydrogen (secondary N) is 3. The van der Waals surface area contributed by atoms with Crippen LogP contribution in [0.15, 0.2) is 30.6 Å². The molecular weight excluding hydrogens is 424 g/mol. The lowest BCUT2D eigenvalue weighted by Crippen LogP contribution is -2.30. The van der Waals surface area contributed by atoms with Gasteiger partial charge >= 0.3 is 0 Å². The molecule has 1 atom stereocenters. The average molecular weight is 464 g/mol. The van der Waals surface area contributed by atoms with Crippen molar-refractivity contribution in [3.8, 4) is 0 Å². The molecular formula is C25H39F2N5O. The maximum atomic E-state index is 14.0. The van der Waals surface area contributed by atoms with E-state index in [9.17, 15) is 8.78 Å². The number of nitrogens with zero attached hydrogens (tertiary/aromatic N) is 2. The molecule has 0 bridgehead atoms. The molecule has 1 aromatic rings. The molecule has 2 aliphatic rings. The summed E-state index contributed by atoms with van der Waals surface area (Å²) in [6.07, 6.45) is 4.16. The number of alkyl halides is 2. The van der Waals surface area contributed by atoms with Gasteiger partial charge in [0.1, 0.15) is 0 Å². The van der Waals surface area contributed by atoms with E-state index in [4.69, 9.17) is 4.74 Å². The highest BCUT2D eigenvalue weighted by atomic mass is 19.3.